The average molecular weight is 380 g/mol. The molecule has 1 amide bonds. The second-order valence-corrected chi connectivity index (χ2v) is 6.01. The summed E-state index contributed by atoms with van der Waals surface area (Å²) in [6.07, 6.45) is -4.42. The van der Waals surface area contributed by atoms with Crippen LogP contribution in [0, 0.1) is 0 Å². The van der Waals surface area contributed by atoms with E-state index in [9.17, 15) is 18.0 Å². The highest BCUT2D eigenvalue weighted by atomic mass is 19.4. The smallest absolute Gasteiger partial charge is 0.416 e. The number of ether oxygens (including phenoxy) is 2. The molecule has 3 rings (SSSR count). The van der Waals surface area contributed by atoms with Crippen molar-refractivity contribution in [2.45, 2.75) is 6.18 Å². The zero-order valence-electron chi connectivity index (χ0n) is 14.7. The van der Waals surface area contributed by atoms with Crippen LogP contribution in [0.2, 0.25) is 0 Å². The molecule has 27 heavy (non-hydrogen) atoms. The SMILES string of the molecule is COc1ccc(N2CCOCC2)c(C(=O)Nc2ccc(C(F)(F)F)cc2)c1. The molecule has 1 N–H and O–H groups in total. The fourth-order valence-corrected chi connectivity index (χ4v) is 2.84. The highest BCUT2D eigenvalue weighted by Gasteiger charge is 2.30. The summed E-state index contributed by atoms with van der Waals surface area (Å²) in [6.45, 7) is 2.41. The van der Waals surface area contributed by atoms with Crippen LogP contribution in [0.25, 0.3) is 0 Å². The first-order chi connectivity index (χ1) is 12.9. The highest BCUT2D eigenvalue weighted by Crippen LogP contribution is 2.31. The predicted molar refractivity (Wildman–Crippen MR) is 95.4 cm³/mol. The molecule has 5 nitrogen and oxygen atoms in total. The van der Waals surface area contributed by atoms with Gasteiger partial charge in [-0.25, -0.2) is 0 Å². The average Bonchev–Trinajstić information content (AvgIpc) is 2.68. The van der Waals surface area contributed by atoms with Crippen molar-refractivity contribution in [2.24, 2.45) is 0 Å². The summed E-state index contributed by atoms with van der Waals surface area (Å²) in [7, 11) is 1.50. The molecule has 1 fully saturated rings. The number of amides is 1. The first kappa shape index (κ1) is 19.0. The molecule has 0 bridgehead atoms. The van der Waals surface area contributed by atoms with E-state index in [2.05, 4.69) is 5.32 Å². The topological polar surface area (TPSA) is 50.8 Å². The largest absolute Gasteiger partial charge is 0.497 e. The van der Waals surface area contributed by atoms with Crippen molar-refractivity contribution in [3.63, 3.8) is 0 Å². The highest BCUT2D eigenvalue weighted by molar-refractivity contribution is 6.08. The van der Waals surface area contributed by atoms with Gasteiger partial charge in [-0.05, 0) is 42.5 Å². The van der Waals surface area contributed by atoms with E-state index in [-0.39, 0.29) is 5.69 Å². The Morgan fingerprint density at radius 2 is 1.78 bits per heavy atom. The van der Waals surface area contributed by atoms with Crippen LogP contribution in [0.3, 0.4) is 0 Å². The summed E-state index contributed by atoms with van der Waals surface area (Å²) in [4.78, 5) is 14.8. The lowest BCUT2D eigenvalue weighted by Gasteiger charge is -2.30. The van der Waals surface area contributed by atoms with Crippen LogP contribution in [-0.4, -0.2) is 39.3 Å². The van der Waals surface area contributed by atoms with E-state index in [4.69, 9.17) is 9.47 Å². The van der Waals surface area contributed by atoms with Crippen molar-refractivity contribution in [1.82, 2.24) is 0 Å². The number of alkyl halides is 3. The van der Waals surface area contributed by atoms with Crippen molar-refractivity contribution in [3.8, 4) is 5.75 Å². The number of hydrogen-bond acceptors (Lipinski definition) is 4. The number of anilines is 2. The molecular formula is C19H19F3N2O3. The number of nitrogens with one attached hydrogen (secondary N) is 1. The number of nitrogens with zero attached hydrogens (tertiary/aromatic N) is 1. The fourth-order valence-electron chi connectivity index (χ4n) is 2.84. The second-order valence-electron chi connectivity index (χ2n) is 6.01. The Labute approximate surface area is 154 Å². The number of benzene rings is 2. The van der Waals surface area contributed by atoms with E-state index in [1.54, 1.807) is 18.2 Å². The Balaban J connectivity index is 1.84. The molecule has 0 radical (unpaired) electrons. The summed E-state index contributed by atoms with van der Waals surface area (Å²) in [5, 5.41) is 2.65. The summed E-state index contributed by atoms with van der Waals surface area (Å²) in [5.74, 6) is 0.0970. The summed E-state index contributed by atoms with van der Waals surface area (Å²) in [5.41, 5.74) is 0.624. The van der Waals surface area contributed by atoms with Crippen LogP contribution in [0.15, 0.2) is 42.5 Å². The van der Waals surface area contributed by atoms with Gasteiger partial charge in [0.2, 0.25) is 0 Å². The summed E-state index contributed by atoms with van der Waals surface area (Å²) >= 11 is 0. The molecular weight excluding hydrogens is 361 g/mol. The van der Waals surface area contributed by atoms with Gasteiger partial charge >= 0.3 is 6.18 Å². The van der Waals surface area contributed by atoms with Gasteiger partial charge in [0.05, 0.1) is 31.5 Å². The number of carbonyl (C=O) groups is 1. The number of carbonyl (C=O) groups excluding carboxylic acids is 1. The monoisotopic (exact) mass is 380 g/mol. The number of rotatable bonds is 4. The minimum atomic E-state index is -4.42. The lowest BCUT2D eigenvalue weighted by atomic mass is 10.1. The predicted octanol–water partition coefficient (Wildman–Crippen LogP) is 3.80. The van der Waals surface area contributed by atoms with Crippen molar-refractivity contribution < 1.29 is 27.4 Å². The fraction of sp³-hybridized carbons (Fsp3) is 0.316. The Hall–Kier alpha value is -2.74. The Morgan fingerprint density at radius 1 is 1.11 bits per heavy atom. The number of halogens is 3. The van der Waals surface area contributed by atoms with Crippen LogP contribution in [0.4, 0.5) is 24.5 Å². The van der Waals surface area contributed by atoms with Crippen LogP contribution in [-0.2, 0) is 10.9 Å². The van der Waals surface area contributed by atoms with E-state index < -0.39 is 17.6 Å². The minimum Gasteiger partial charge on any atom is -0.497 e. The van der Waals surface area contributed by atoms with Gasteiger partial charge in [0.15, 0.2) is 0 Å². The second kappa shape index (κ2) is 7.87. The molecule has 0 spiro atoms. The number of hydrogen-bond donors (Lipinski definition) is 1. The summed E-state index contributed by atoms with van der Waals surface area (Å²) < 4.78 is 48.6. The Morgan fingerprint density at radius 3 is 2.37 bits per heavy atom. The van der Waals surface area contributed by atoms with Gasteiger partial charge in [0.25, 0.3) is 5.91 Å². The molecule has 144 valence electrons. The molecule has 0 atom stereocenters. The molecule has 1 heterocycles. The number of morpholine rings is 1. The van der Waals surface area contributed by atoms with Crippen molar-refractivity contribution in [2.75, 3.05) is 43.6 Å². The lowest BCUT2D eigenvalue weighted by Crippen LogP contribution is -2.37. The van der Waals surface area contributed by atoms with E-state index in [0.29, 0.717) is 37.6 Å². The van der Waals surface area contributed by atoms with Gasteiger partial charge < -0.3 is 19.7 Å². The lowest BCUT2D eigenvalue weighted by molar-refractivity contribution is -0.137. The third kappa shape index (κ3) is 4.51. The van der Waals surface area contributed by atoms with Crippen LogP contribution < -0.4 is 15.0 Å². The van der Waals surface area contributed by atoms with Crippen LogP contribution in [0.1, 0.15) is 15.9 Å². The van der Waals surface area contributed by atoms with E-state index >= 15 is 0 Å². The molecule has 1 aliphatic heterocycles. The molecule has 0 aliphatic carbocycles. The minimum absolute atomic E-state index is 0.281. The first-order valence-electron chi connectivity index (χ1n) is 8.38. The zero-order chi connectivity index (χ0) is 19.4. The third-order valence-corrected chi connectivity index (χ3v) is 4.27. The van der Waals surface area contributed by atoms with Crippen molar-refractivity contribution in [1.29, 1.82) is 0 Å². The molecule has 0 aromatic heterocycles. The van der Waals surface area contributed by atoms with Crippen molar-refractivity contribution >= 4 is 17.3 Å². The van der Waals surface area contributed by atoms with Gasteiger partial charge in [-0.3, -0.25) is 4.79 Å². The van der Waals surface area contributed by atoms with E-state index in [1.165, 1.54) is 19.2 Å². The Bertz CT molecular complexity index is 801. The van der Waals surface area contributed by atoms with Gasteiger partial charge in [-0.2, -0.15) is 13.2 Å². The van der Waals surface area contributed by atoms with Gasteiger partial charge in [-0.1, -0.05) is 0 Å². The quantitative estimate of drug-likeness (QED) is 0.877. The third-order valence-electron chi connectivity index (χ3n) is 4.27. The summed E-state index contributed by atoms with van der Waals surface area (Å²) in [6, 6.07) is 9.51. The normalized spacial score (nSPS) is 14.7. The molecule has 2 aromatic rings. The maximum Gasteiger partial charge on any atom is 0.416 e. The standard InChI is InChI=1S/C19H19F3N2O3/c1-26-15-6-7-17(24-8-10-27-11-9-24)16(12-15)18(25)23-14-4-2-13(3-5-14)19(20,21)22/h2-7,12H,8-11H2,1H3,(H,23,25). The van der Waals surface area contributed by atoms with E-state index in [0.717, 1.165) is 17.8 Å². The molecule has 8 heteroatoms. The van der Waals surface area contributed by atoms with Gasteiger partial charge in [0, 0.05) is 24.5 Å². The maximum absolute atomic E-state index is 12.8. The number of methoxy groups -OCH3 is 1. The van der Waals surface area contributed by atoms with Crippen LogP contribution >= 0.6 is 0 Å². The Kier molecular flexibility index (Phi) is 5.55. The van der Waals surface area contributed by atoms with E-state index in [1.807, 2.05) is 4.90 Å². The molecule has 0 saturated carbocycles. The van der Waals surface area contributed by atoms with Crippen LogP contribution in [0.5, 0.6) is 5.75 Å². The zero-order valence-corrected chi connectivity index (χ0v) is 14.7. The molecule has 1 saturated heterocycles. The molecule has 0 unspecified atom stereocenters. The van der Waals surface area contributed by atoms with Gasteiger partial charge in [-0.15, -0.1) is 0 Å². The van der Waals surface area contributed by atoms with Crippen molar-refractivity contribution in [3.05, 3.63) is 53.6 Å². The van der Waals surface area contributed by atoms with Gasteiger partial charge in [0.1, 0.15) is 5.75 Å². The molecule has 1 aliphatic rings. The first-order valence-corrected chi connectivity index (χ1v) is 8.38. The molecule has 2 aromatic carbocycles. The maximum atomic E-state index is 12.8.